The van der Waals surface area contributed by atoms with Crippen molar-refractivity contribution in [3.63, 3.8) is 0 Å². The largest absolute Gasteiger partial charge is 0.496 e. The molecule has 0 aliphatic carbocycles. The van der Waals surface area contributed by atoms with Gasteiger partial charge in [0.25, 0.3) is 0 Å². The van der Waals surface area contributed by atoms with E-state index in [0.29, 0.717) is 6.04 Å². The minimum atomic E-state index is 0. The molecule has 0 bridgehead atoms. The third-order valence-corrected chi connectivity index (χ3v) is 3.80. The summed E-state index contributed by atoms with van der Waals surface area (Å²) in [6.07, 6.45) is 0. The summed E-state index contributed by atoms with van der Waals surface area (Å²) in [5.41, 5.74) is 0. The maximum Gasteiger partial charge on any atom is 0.134 e. The lowest BCUT2D eigenvalue weighted by atomic mass is 10.2. The average molecular weight is 263 g/mol. The van der Waals surface area contributed by atoms with Gasteiger partial charge in [0.05, 0.1) is 12.0 Å². The van der Waals surface area contributed by atoms with Gasteiger partial charge in [0.2, 0.25) is 0 Å². The van der Waals surface area contributed by atoms with Crippen LogP contribution in [0.5, 0.6) is 5.75 Å². The van der Waals surface area contributed by atoms with E-state index in [1.54, 1.807) is 18.4 Å². The lowest BCUT2D eigenvalue weighted by molar-refractivity contribution is 0.165. The average Bonchev–Trinajstić information content (AvgIpc) is 2.69. The van der Waals surface area contributed by atoms with Gasteiger partial charge in [0.1, 0.15) is 5.75 Å². The van der Waals surface area contributed by atoms with E-state index >= 15 is 0 Å². The summed E-state index contributed by atoms with van der Waals surface area (Å²) in [6.45, 7) is 6.60. The van der Waals surface area contributed by atoms with Crippen LogP contribution in [0.4, 0.5) is 0 Å². The monoisotopic (exact) mass is 262 g/mol. The molecular weight excluding hydrogens is 244 g/mol. The minimum Gasteiger partial charge on any atom is -0.496 e. The zero-order chi connectivity index (χ0) is 10.7. The van der Waals surface area contributed by atoms with Gasteiger partial charge in [-0.1, -0.05) is 0 Å². The van der Waals surface area contributed by atoms with Crippen LogP contribution in [0.1, 0.15) is 11.8 Å². The fourth-order valence-electron chi connectivity index (χ4n) is 1.93. The number of hydrogen-bond donors (Lipinski definition) is 1. The van der Waals surface area contributed by atoms with Gasteiger partial charge < -0.3 is 10.1 Å². The Labute approximate surface area is 107 Å². The molecule has 1 N–H and O–H groups in total. The standard InChI is InChI=1S/C11H18N2OS.ClH/c1-9-7-12-4-5-13(9)8-11-10(14-2)3-6-15-11;/h3,6,9,12H,4-5,7-8H2,1-2H3;1H/t9-;/m1./s1. The zero-order valence-corrected chi connectivity index (χ0v) is 11.4. The molecule has 0 radical (unpaired) electrons. The summed E-state index contributed by atoms with van der Waals surface area (Å²) < 4.78 is 5.33. The second-order valence-corrected chi connectivity index (χ2v) is 4.94. The predicted octanol–water partition coefficient (Wildman–Crippen LogP) is 1.97. The SMILES string of the molecule is COc1ccsc1CN1CCNC[C@H]1C.Cl. The predicted molar refractivity (Wildman–Crippen MR) is 70.9 cm³/mol. The Bertz CT molecular complexity index is 319. The fraction of sp³-hybridized carbons (Fsp3) is 0.636. The molecule has 1 saturated heterocycles. The smallest absolute Gasteiger partial charge is 0.134 e. The summed E-state index contributed by atoms with van der Waals surface area (Å²) in [4.78, 5) is 3.84. The van der Waals surface area contributed by atoms with Crippen molar-refractivity contribution in [2.45, 2.75) is 19.5 Å². The molecule has 0 unspecified atom stereocenters. The van der Waals surface area contributed by atoms with Crippen LogP contribution in [-0.2, 0) is 6.54 Å². The van der Waals surface area contributed by atoms with Crippen LogP contribution in [0.25, 0.3) is 0 Å². The summed E-state index contributed by atoms with van der Waals surface area (Å²) in [5, 5.41) is 5.50. The van der Waals surface area contributed by atoms with Gasteiger partial charge in [-0.15, -0.1) is 23.7 Å². The molecule has 1 aliphatic rings. The van der Waals surface area contributed by atoms with E-state index in [-0.39, 0.29) is 12.4 Å². The number of nitrogens with one attached hydrogen (secondary N) is 1. The highest BCUT2D eigenvalue weighted by Gasteiger charge is 2.19. The van der Waals surface area contributed by atoms with Gasteiger partial charge in [-0.25, -0.2) is 0 Å². The fourth-order valence-corrected chi connectivity index (χ4v) is 2.79. The molecular formula is C11H19ClN2OS. The Kier molecular flexibility index (Phi) is 5.55. The lowest BCUT2D eigenvalue weighted by Crippen LogP contribution is -2.49. The molecule has 1 atom stereocenters. The highest BCUT2D eigenvalue weighted by atomic mass is 35.5. The number of methoxy groups -OCH3 is 1. The number of piperazine rings is 1. The summed E-state index contributed by atoms with van der Waals surface area (Å²) in [6, 6.07) is 2.66. The first kappa shape index (κ1) is 13.8. The molecule has 1 aromatic heterocycles. The quantitative estimate of drug-likeness (QED) is 0.902. The highest BCUT2D eigenvalue weighted by molar-refractivity contribution is 7.10. The normalized spacial score (nSPS) is 21.5. The molecule has 5 heteroatoms. The van der Waals surface area contributed by atoms with Crippen molar-refractivity contribution < 1.29 is 4.74 Å². The second kappa shape index (κ2) is 6.45. The molecule has 0 spiro atoms. The van der Waals surface area contributed by atoms with Crippen LogP contribution >= 0.6 is 23.7 Å². The molecule has 16 heavy (non-hydrogen) atoms. The summed E-state index contributed by atoms with van der Waals surface area (Å²) >= 11 is 1.78. The maximum atomic E-state index is 5.33. The van der Waals surface area contributed by atoms with Crippen LogP contribution in [0, 0.1) is 0 Å². The summed E-state index contributed by atoms with van der Waals surface area (Å²) in [7, 11) is 1.74. The minimum absolute atomic E-state index is 0. The van der Waals surface area contributed by atoms with Gasteiger partial charge in [-0.05, 0) is 18.4 Å². The van der Waals surface area contributed by atoms with Crippen LogP contribution in [0.15, 0.2) is 11.4 Å². The Morgan fingerprint density at radius 1 is 1.62 bits per heavy atom. The van der Waals surface area contributed by atoms with E-state index in [4.69, 9.17) is 4.74 Å². The van der Waals surface area contributed by atoms with Gasteiger partial charge in [0.15, 0.2) is 0 Å². The maximum absolute atomic E-state index is 5.33. The molecule has 2 heterocycles. The van der Waals surface area contributed by atoms with E-state index in [9.17, 15) is 0 Å². The highest BCUT2D eigenvalue weighted by Crippen LogP contribution is 2.26. The number of hydrogen-bond acceptors (Lipinski definition) is 4. The number of nitrogens with zero attached hydrogens (tertiary/aromatic N) is 1. The molecule has 2 rings (SSSR count). The Morgan fingerprint density at radius 2 is 2.44 bits per heavy atom. The van der Waals surface area contributed by atoms with Crippen molar-refractivity contribution in [1.82, 2.24) is 10.2 Å². The molecule has 1 fully saturated rings. The Balaban J connectivity index is 0.00000128. The van der Waals surface area contributed by atoms with Crippen molar-refractivity contribution >= 4 is 23.7 Å². The van der Waals surface area contributed by atoms with E-state index < -0.39 is 0 Å². The molecule has 0 amide bonds. The molecule has 3 nitrogen and oxygen atoms in total. The first-order chi connectivity index (χ1) is 7.31. The number of thiophene rings is 1. The van der Waals surface area contributed by atoms with Crippen molar-refractivity contribution in [2.24, 2.45) is 0 Å². The first-order valence-electron chi connectivity index (χ1n) is 5.36. The summed E-state index contributed by atoms with van der Waals surface area (Å²) in [5.74, 6) is 1.03. The third-order valence-electron chi connectivity index (χ3n) is 2.91. The molecule has 92 valence electrons. The topological polar surface area (TPSA) is 24.5 Å². The van der Waals surface area contributed by atoms with Gasteiger partial charge >= 0.3 is 0 Å². The molecule has 1 aliphatic heterocycles. The van der Waals surface area contributed by atoms with Crippen molar-refractivity contribution in [3.05, 3.63) is 16.3 Å². The number of rotatable bonds is 3. The molecule has 1 aromatic rings. The van der Waals surface area contributed by atoms with Gasteiger partial charge in [-0.3, -0.25) is 4.90 Å². The van der Waals surface area contributed by atoms with Gasteiger partial charge in [-0.2, -0.15) is 0 Å². The Hall–Kier alpha value is -0.290. The van der Waals surface area contributed by atoms with Gasteiger partial charge in [0, 0.05) is 32.2 Å². The van der Waals surface area contributed by atoms with Crippen LogP contribution in [0.3, 0.4) is 0 Å². The lowest BCUT2D eigenvalue weighted by Gasteiger charge is -2.33. The van der Waals surface area contributed by atoms with Crippen molar-refractivity contribution in [1.29, 1.82) is 0 Å². The third kappa shape index (κ3) is 3.10. The van der Waals surface area contributed by atoms with Crippen molar-refractivity contribution in [2.75, 3.05) is 26.7 Å². The van der Waals surface area contributed by atoms with E-state index in [0.717, 1.165) is 31.9 Å². The number of halogens is 1. The Morgan fingerprint density at radius 3 is 3.12 bits per heavy atom. The van der Waals surface area contributed by atoms with Crippen molar-refractivity contribution in [3.8, 4) is 5.75 Å². The van der Waals surface area contributed by atoms with Crippen LogP contribution in [-0.4, -0.2) is 37.7 Å². The van der Waals surface area contributed by atoms with E-state index in [1.165, 1.54) is 4.88 Å². The second-order valence-electron chi connectivity index (χ2n) is 3.94. The van der Waals surface area contributed by atoms with E-state index in [2.05, 4.69) is 22.5 Å². The van der Waals surface area contributed by atoms with Crippen LogP contribution in [0.2, 0.25) is 0 Å². The molecule has 0 aromatic carbocycles. The molecule has 0 saturated carbocycles. The first-order valence-corrected chi connectivity index (χ1v) is 6.24. The van der Waals surface area contributed by atoms with E-state index in [1.807, 2.05) is 6.07 Å². The van der Waals surface area contributed by atoms with Crippen LogP contribution < -0.4 is 10.1 Å². The zero-order valence-electron chi connectivity index (χ0n) is 9.73. The number of ether oxygens (including phenoxy) is 1.